The number of nitrogens with one attached hydrogen (secondary N) is 1. The van der Waals surface area contributed by atoms with Crippen LogP contribution < -0.4 is 5.32 Å². The fourth-order valence-electron chi connectivity index (χ4n) is 2.45. The third-order valence-electron chi connectivity index (χ3n) is 3.41. The van der Waals surface area contributed by atoms with E-state index in [0.29, 0.717) is 5.82 Å². The second-order valence-corrected chi connectivity index (χ2v) is 4.65. The molecule has 17 heavy (non-hydrogen) atoms. The summed E-state index contributed by atoms with van der Waals surface area (Å²) in [6.07, 6.45) is 7.82. The van der Waals surface area contributed by atoms with E-state index in [-0.39, 0.29) is 5.82 Å². The van der Waals surface area contributed by atoms with Gasteiger partial charge in [0, 0.05) is 13.6 Å². The van der Waals surface area contributed by atoms with Crippen molar-refractivity contribution in [1.82, 2.24) is 9.55 Å². The van der Waals surface area contributed by atoms with Gasteiger partial charge in [0.15, 0.2) is 0 Å². The summed E-state index contributed by atoms with van der Waals surface area (Å²) in [7, 11) is 1.76. The van der Waals surface area contributed by atoms with Crippen molar-refractivity contribution in [3.05, 3.63) is 16.4 Å². The smallest absolute Gasteiger partial charge is 0.364 e. The third-order valence-corrected chi connectivity index (χ3v) is 3.41. The molecule has 1 N–H and O–H groups in total. The molecule has 0 aliphatic heterocycles. The van der Waals surface area contributed by atoms with Crippen LogP contribution in [0.5, 0.6) is 0 Å². The van der Waals surface area contributed by atoms with Crippen LogP contribution in [0.25, 0.3) is 0 Å². The number of aromatic nitrogens is 2. The van der Waals surface area contributed by atoms with Crippen molar-refractivity contribution in [3.8, 4) is 0 Å². The highest BCUT2D eigenvalue weighted by Gasteiger charge is 2.20. The average Bonchev–Trinajstić information content (AvgIpc) is 2.89. The number of aryl methyl sites for hydroxylation is 1. The van der Waals surface area contributed by atoms with Crippen molar-refractivity contribution in [3.63, 3.8) is 0 Å². The van der Waals surface area contributed by atoms with Gasteiger partial charge in [0.2, 0.25) is 12.1 Å². The minimum atomic E-state index is -0.447. The Morgan fingerprint density at radius 1 is 1.59 bits per heavy atom. The first-order valence-electron chi connectivity index (χ1n) is 6.08. The molecule has 0 unspecified atom stereocenters. The number of hydrogen-bond donors (Lipinski definition) is 1. The number of nitrogens with zero attached hydrogens (tertiary/aromatic N) is 3. The van der Waals surface area contributed by atoms with Crippen molar-refractivity contribution in [2.24, 2.45) is 13.0 Å². The van der Waals surface area contributed by atoms with Gasteiger partial charge in [-0.05, 0) is 22.2 Å². The molecule has 0 spiro atoms. The summed E-state index contributed by atoms with van der Waals surface area (Å²) in [6, 6.07) is 0. The van der Waals surface area contributed by atoms with Crippen LogP contribution in [-0.2, 0) is 7.05 Å². The van der Waals surface area contributed by atoms with Crippen molar-refractivity contribution in [2.45, 2.75) is 32.1 Å². The fraction of sp³-hybridized carbons (Fsp3) is 0.727. The van der Waals surface area contributed by atoms with Crippen LogP contribution in [0.15, 0.2) is 6.33 Å². The molecule has 0 aromatic carbocycles. The Bertz CT molecular complexity index is 396. The molecule has 0 atom stereocenters. The number of hydrogen-bond acceptors (Lipinski definition) is 4. The molecular formula is C11H18N4O2. The van der Waals surface area contributed by atoms with Crippen LogP contribution >= 0.6 is 0 Å². The Hall–Kier alpha value is -1.59. The summed E-state index contributed by atoms with van der Waals surface area (Å²) in [5.74, 6) is 1.21. The van der Waals surface area contributed by atoms with Crippen molar-refractivity contribution in [1.29, 1.82) is 0 Å². The van der Waals surface area contributed by atoms with Gasteiger partial charge in [-0.25, -0.2) is 0 Å². The summed E-state index contributed by atoms with van der Waals surface area (Å²) in [5.41, 5.74) is 0. The monoisotopic (exact) mass is 238 g/mol. The molecule has 6 nitrogen and oxygen atoms in total. The lowest BCUT2D eigenvalue weighted by Crippen LogP contribution is -2.10. The predicted octanol–water partition coefficient (Wildman–Crippen LogP) is 2.32. The van der Waals surface area contributed by atoms with E-state index >= 15 is 0 Å². The quantitative estimate of drug-likeness (QED) is 0.631. The van der Waals surface area contributed by atoms with Crippen molar-refractivity contribution in [2.75, 3.05) is 11.9 Å². The van der Waals surface area contributed by atoms with E-state index in [0.717, 1.165) is 18.9 Å². The minimum absolute atomic E-state index is 0.0843. The first-order valence-corrected chi connectivity index (χ1v) is 6.08. The van der Waals surface area contributed by atoms with Crippen LogP contribution in [0, 0.1) is 16.0 Å². The fourth-order valence-corrected chi connectivity index (χ4v) is 2.45. The second-order valence-electron chi connectivity index (χ2n) is 4.65. The number of rotatable bonds is 5. The molecule has 1 aliphatic carbocycles. The van der Waals surface area contributed by atoms with Crippen LogP contribution in [0.3, 0.4) is 0 Å². The molecule has 1 fully saturated rings. The Morgan fingerprint density at radius 2 is 2.29 bits per heavy atom. The van der Waals surface area contributed by atoms with Crippen molar-refractivity contribution < 1.29 is 4.92 Å². The standard InChI is InChI=1S/C11H18N4O2/c1-14-8-13-11(15(16)17)10(14)12-7-6-9-4-2-3-5-9/h8-9,12H,2-7H2,1H3. The summed E-state index contributed by atoms with van der Waals surface area (Å²) in [5, 5.41) is 13.9. The van der Waals surface area contributed by atoms with Crippen LogP contribution in [0.2, 0.25) is 0 Å². The van der Waals surface area contributed by atoms with E-state index in [1.54, 1.807) is 11.6 Å². The highest BCUT2D eigenvalue weighted by Crippen LogP contribution is 2.28. The van der Waals surface area contributed by atoms with E-state index in [1.165, 1.54) is 32.0 Å². The number of anilines is 1. The summed E-state index contributed by atoms with van der Waals surface area (Å²) >= 11 is 0. The molecule has 0 bridgehead atoms. The number of imidazole rings is 1. The zero-order chi connectivity index (χ0) is 12.3. The topological polar surface area (TPSA) is 73.0 Å². The normalized spacial score (nSPS) is 16.3. The van der Waals surface area contributed by atoms with E-state index in [9.17, 15) is 10.1 Å². The Balaban J connectivity index is 1.89. The van der Waals surface area contributed by atoms with Crippen LogP contribution in [-0.4, -0.2) is 21.0 Å². The van der Waals surface area contributed by atoms with E-state index in [2.05, 4.69) is 10.3 Å². The second kappa shape index (κ2) is 5.16. The molecule has 94 valence electrons. The van der Waals surface area contributed by atoms with Crippen molar-refractivity contribution >= 4 is 11.6 Å². The molecule has 1 aliphatic rings. The molecule has 1 aromatic rings. The summed E-state index contributed by atoms with van der Waals surface area (Å²) < 4.78 is 1.66. The first kappa shape index (κ1) is 11.9. The van der Waals surface area contributed by atoms with Gasteiger partial charge in [-0.2, -0.15) is 0 Å². The first-order chi connectivity index (χ1) is 8.18. The summed E-state index contributed by atoms with van der Waals surface area (Å²) in [4.78, 5) is 14.1. The third kappa shape index (κ3) is 2.75. The molecule has 1 saturated carbocycles. The Kier molecular flexibility index (Phi) is 3.61. The lowest BCUT2D eigenvalue weighted by Gasteiger charge is -2.10. The Morgan fingerprint density at radius 3 is 2.94 bits per heavy atom. The maximum absolute atomic E-state index is 10.7. The summed E-state index contributed by atoms with van der Waals surface area (Å²) in [6.45, 7) is 0.783. The van der Waals surface area contributed by atoms with Crippen LogP contribution in [0.1, 0.15) is 32.1 Å². The highest BCUT2D eigenvalue weighted by atomic mass is 16.6. The zero-order valence-electron chi connectivity index (χ0n) is 10.1. The van der Waals surface area contributed by atoms with Gasteiger partial charge < -0.3 is 15.4 Å². The average molecular weight is 238 g/mol. The highest BCUT2D eigenvalue weighted by molar-refractivity contribution is 5.51. The molecule has 0 radical (unpaired) electrons. The van der Waals surface area contributed by atoms with Crippen LogP contribution in [0.4, 0.5) is 11.6 Å². The SMILES string of the molecule is Cn1cnc([N+](=O)[O-])c1NCCC1CCCC1. The van der Waals surface area contributed by atoms with Gasteiger partial charge in [0.25, 0.3) is 0 Å². The van der Waals surface area contributed by atoms with Gasteiger partial charge in [-0.15, -0.1) is 0 Å². The lowest BCUT2D eigenvalue weighted by atomic mass is 10.0. The predicted molar refractivity (Wildman–Crippen MR) is 64.9 cm³/mol. The van der Waals surface area contributed by atoms with Gasteiger partial charge in [0.05, 0.1) is 0 Å². The molecule has 0 amide bonds. The zero-order valence-corrected chi connectivity index (χ0v) is 10.1. The largest absolute Gasteiger partial charge is 0.406 e. The maximum Gasteiger partial charge on any atom is 0.406 e. The molecular weight excluding hydrogens is 220 g/mol. The van der Waals surface area contributed by atoms with Gasteiger partial charge in [0.1, 0.15) is 0 Å². The van der Waals surface area contributed by atoms with Gasteiger partial charge >= 0.3 is 5.82 Å². The van der Waals surface area contributed by atoms with E-state index < -0.39 is 4.92 Å². The Labute approximate surface area is 100 Å². The molecule has 6 heteroatoms. The molecule has 1 aromatic heterocycles. The molecule has 0 saturated heterocycles. The van der Waals surface area contributed by atoms with Gasteiger partial charge in [-0.1, -0.05) is 25.7 Å². The lowest BCUT2D eigenvalue weighted by molar-refractivity contribution is -0.388. The molecule has 2 rings (SSSR count). The van der Waals surface area contributed by atoms with Gasteiger partial charge in [-0.3, -0.25) is 4.57 Å². The maximum atomic E-state index is 10.7. The number of nitro groups is 1. The minimum Gasteiger partial charge on any atom is -0.364 e. The van der Waals surface area contributed by atoms with E-state index in [4.69, 9.17) is 0 Å². The van der Waals surface area contributed by atoms with E-state index in [1.807, 2.05) is 0 Å². The molecule has 1 heterocycles.